The van der Waals surface area contributed by atoms with Gasteiger partial charge in [-0.25, -0.2) is 0 Å². The summed E-state index contributed by atoms with van der Waals surface area (Å²) in [5.41, 5.74) is 2.09. The first-order chi connectivity index (χ1) is 13.1. The molecule has 28 heavy (non-hydrogen) atoms. The van der Waals surface area contributed by atoms with Gasteiger partial charge in [-0.1, -0.05) is 30.8 Å². The Morgan fingerprint density at radius 2 is 1.71 bits per heavy atom. The van der Waals surface area contributed by atoms with Crippen molar-refractivity contribution in [3.63, 3.8) is 0 Å². The molecule has 0 aliphatic carbocycles. The second kappa shape index (κ2) is 10.6. The minimum Gasteiger partial charge on any atom is -0.355 e. The van der Waals surface area contributed by atoms with Crippen LogP contribution in [0.5, 0.6) is 0 Å². The SMILES string of the molecule is CCN1CCN(C(=O)c2ccccc2Nc2ccc(SC(F)F)cc2)CC1.Cl. The van der Waals surface area contributed by atoms with Gasteiger partial charge in [0.25, 0.3) is 11.7 Å². The average molecular weight is 428 g/mol. The van der Waals surface area contributed by atoms with Gasteiger partial charge in [0.1, 0.15) is 0 Å². The molecular formula is C20H24ClF2N3OS. The first-order valence-corrected chi connectivity index (χ1v) is 9.87. The Morgan fingerprint density at radius 3 is 2.32 bits per heavy atom. The number of alkyl halides is 2. The molecule has 0 aromatic heterocycles. The number of carbonyl (C=O) groups is 1. The van der Waals surface area contributed by atoms with Crippen LogP contribution in [-0.4, -0.2) is 54.2 Å². The van der Waals surface area contributed by atoms with Crippen molar-refractivity contribution in [2.75, 3.05) is 38.0 Å². The van der Waals surface area contributed by atoms with Gasteiger partial charge in [0, 0.05) is 36.8 Å². The Kier molecular flexibility index (Phi) is 8.54. The van der Waals surface area contributed by atoms with Gasteiger partial charge in [-0.05, 0) is 42.9 Å². The van der Waals surface area contributed by atoms with Crippen molar-refractivity contribution in [2.45, 2.75) is 17.6 Å². The maximum atomic E-state index is 13.0. The van der Waals surface area contributed by atoms with Crippen LogP contribution < -0.4 is 5.32 Å². The Labute approximate surface area is 174 Å². The number of amides is 1. The van der Waals surface area contributed by atoms with Crippen LogP contribution in [0.15, 0.2) is 53.4 Å². The molecule has 152 valence electrons. The van der Waals surface area contributed by atoms with Gasteiger partial charge in [-0.3, -0.25) is 4.79 Å². The highest BCUT2D eigenvalue weighted by Crippen LogP contribution is 2.28. The number of piperazine rings is 1. The van der Waals surface area contributed by atoms with E-state index in [0.717, 1.165) is 44.1 Å². The molecule has 1 saturated heterocycles. The molecule has 0 saturated carbocycles. The van der Waals surface area contributed by atoms with Crippen molar-refractivity contribution in [3.05, 3.63) is 54.1 Å². The van der Waals surface area contributed by atoms with Crippen molar-refractivity contribution in [1.29, 1.82) is 0 Å². The third kappa shape index (κ3) is 5.83. The molecule has 0 unspecified atom stereocenters. The number of likely N-dealkylation sites (N-methyl/N-ethyl adjacent to an activating group) is 1. The van der Waals surface area contributed by atoms with Crippen molar-refractivity contribution < 1.29 is 13.6 Å². The van der Waals surface area contributed by atoms with E-state index in [-0.39, 0.29) is 18.3 Å². The first kappa shape index (κ1) is 22.5. The largest absolute Gasteiger partial charge is 0.355 e. The molecule has 2 aromatic carbocycles. The van der Waals surface area contributed by atoms with Crippen LogP contribution in [0.3, 0.4) is 0 Å². The first-order valence-electron chi connectivity index (χ1n) is 8.99. The number of thioether (sulfide) groups is 1. The van der Waals surface area contributed by atoms with Gasteiger partial charge in [0.05, 0.1) is 11.3 Å². The van der Waals surface area contributed by atoms with E-state index in [1.54, 1.807) is 24.3 Å². The monoisotopic (exact) mass is 427 g/mol. The van der Waals surface area contributed by atoms with E-state index in [4.69, 9.17) is 0 Å². The minimum atomic E-state index is -2.43. The smallest absolute Gasteiger partial charge is 0.288 e. The highest BCUT2D eigenvalue weighted by Gasteiger charge is 2.23. The van der Waals surface area contributed by atoms with Gasteiger partial charge >= 0.3 is 0 Å². The van der Waals surface area contributed by atoms with Crippen LogP contribution in [0, 0.1) is 0 Å². The zero-order valence-corrected chi connectivity index (χ0v) is 17.2. The molecule has 1 heterocycles. The quantitative estimate of drug-likeness (QED) is 0.662. The summed E-state index contributed by atoms with van der Waals surface area (Å²) in [6.45, 7) is 6.35. The predicted molar refractivity (Wildman–Crippen MR) is 113 cm³/mol. The molecule has 1 aliphatic heterocycles. The summed E-state index contributed by atoms with van der Waals surface area (Å²) in [6, 6.07) is 14.2. The van der Waals surface area contributed by atoms with E-state index in [9.17, 15) is 13.6 Å². The third-order valence-corrected chi connectivity index (χ3v) is 5.35. The third-order valence-electron chi connectivity index (χ3n) is 4.62. The van der Waals surface area contributed by atoms with Crippen LogP contribution in [-0.2, 0) is 0 Å². The van der Waals surface area contributed by atoms with Gasteiger partial charge in [0.2, 0.25) is 0 Å². The Morgan fingerprint density at radius 1 is 1.07 bits per heavy atom. The fourth-order valence-electron chi connectivity index (χ4n) is 3.09. The Balaban J connectivity index is 0.00000280. The molecule has 0 bridgehead atoms. The highest BCUT2D eigenvalue weighted by molar-refractivity contribution is 7.99. The van der Waals surface area contributed by atoms with Crippen LogP contribution in [0.4, 0.5) is 20.2 Å². The van der Waals surface area contributed by atoms with Crippen LogP contribution >= 0.6 is 24.2 Å². The van der Waals surface area contributed by atoms with Gasteiger partial charge in [-0.2, -0.15) is 8.78 Å². The number of rotatable bonds is 6. The number of nitrogens with one attached hydrogen (secondary N) is 1. The number of halogens is 3. The average Bonchev–Trinajstić information content (AvgIpc) is 2.69. The topological polar surface area (TPSA) is 35.6 Å². The molecule has 3 rings (SSSR count). The Bertz CT molecular complexity index is 768. The molecular weight excluding hydrogens is 404 g/mol. The molecule has 1 aliphatic rings. The maximum absolute atomic E-state index is 13.0. The maximum Gasteiger partial charge on any atom is 0.288 e. The summed E-state index contributed by atoms with van der Waals surface area (Å²) in [7, 11) is 0. The zero-order valence-electron chi connectivity index (χ0n) is 15.6. The number of carbonyl (C=O) groups excluding carboxylic acids is 1. The number of hydrogen-bond donors (Lipinski definition) is 1. The lowest BCUT2D eigenvalue weighted by Crippen LogP contribution is -2.48. The summed E-state index contributed by atoms with van der Waals surface area (Å²) in [5.74, 6) is -2.42. The van der Waals surface area contributed by atoms with E-state index in [0.29, 0.717) is 22.2 Å². The van der Waals surface area contributed by atoms with Gasteiger partial charge < -0.3 is 15.1 Å². The summed E-state index contributed by atoms with van der Waals surface area (Å²) in [4.78, 5) is 17.7. The van der Waals surface area contributed by atoms with Crippen LogP contribution in [0.2, 0.25) is 0 Å². The fourth-order valence-corrected chi connectivity index (χ4v) is 3.59. The van der Waals surface area contributed by atoms with Crippen LogP contribution in [0.25, 0.3) is 0 Å². The Hall–Kier alpha value is -1.83. The van der Waals surface area contributed by atoms with Gasteiger partial charge in [0.15, 0.2) is 0 Å². The predicted octanol–water partition coefficient (Wildman–Crippen LogP) is 4.94. The van der Waals surface area contributed by atoms with E-state index < -0.39 is 5.76 Å². The number of anilines is 2. The van der Waals surface area contributed by atoms with E-state index in [2.05, 4.69) is 17.1 Å². The molecule has 0 spiro atoms. The van der Waals surface area contributed by atoms with Crippen molar-refractivity contribution in [2.24, 2.45) is 0 Å². The van der Waals surface area contributed by atoms with E-state index in [1.807, 2.05) is 29.2 Å². The van der Waals surface area contributed by atoms with Crippen LogP contribution in [0.1, 0.15) is 17.3 Å². The highest BCUT2D eigenvalue weighted by atomic mass is 35.5. The summed E-state index contributed by atoms with van der Waals surface area (Å²) in [6.07, 6.45) is 0. The number of para-hydroxylation sites is 1. The second-order valence-corrected chi connectivity index (χ2v) is 7.36. The molecule has 1 N–H and O–H groups in total. The lowest BCUT2D eigenvalue weighted by atomic mass is 10.1. The van der Waals surface area contributed by atoms with Crippen molar-refractivity contribution in [3.8, 4) is 0 Å². The standard InChI is InChI=1S/C20H23F2N3OS.ClH/c1-2-24-11-13-25(14-12-24)19(26)17-5-3-4-6-18(17)23-15-7-9-16(10-8-15)27-20(21)22;/h3-10,20,23H,2,11-14H2,1H3;1H. The lowest BCUT2D eigenvalue weighted by Gasteiger charge is -2.34. The number of nitrogens with zero attached hydrogens (tertiary/aromatic N) is 2. The van der Waals surface area contributed by atoms with Crippen molar-refractivity contribution >= 4 is 41.5 Å². The molecule has 0 radical (unpaired) electrons. The summed E-state index contributed by atoms with van der Waals surface area (Å²) < 4.78 is 24.9. The molecule has 2 aromatic rings. The van der Waals surface area contributed by atoms with Gasteiger partial charge in [-0.15, -0.1) is 12.4 Å². The summed E-state index contributed by atoms with van der Waals surface area (Å²) >= 11 is 0.516. The van der Waals surface area contributed by atoms with E-state index >= 15 is 0 Å². The summed E-state index contributed by atoms with van der Waals surface area (Å²) in [5, 5.41) is 3.24. The lowest BCUT2D eigenvalue weighted by molar-refractivity contribution is 0.0644. The molecule has 0 atom stereocenters. The molecule has 8 heteroatoms. The normalized spacial score (nSPS) is 14.6. The molecule has 4 nitrogen and oxygen atoms in total. The number of hydrogen-bond acceptors (Lipinski definition) is 4. The minimum absolute atomic E-state index is 0. The van der Waals surface area contributed by atoms with E-state index in [1.165, 1.54) is 0 Å². The fraction of sp³-hybridized carbons (Fsp3) is 0.350. The second-order valence-electron chi connectivity index (χ2n) is 6.30. The number of benzene rings is 2. The molecule has 1 fully saturated rings. The zero-order chi connectivity index (χ0) is 19.2. The van der Waals surface area contributed by atoms with Crippen molar-refractivity contribution in [1.82, 2.24) is 9.80 Å². The molecule has 1 amide bonds.